The summed E-state index contributed by atoms with van der Waals surface area (Å²) in [4.78, 5) is 10.5. The van der Waals surface area contributed by atoms with Crippen molar-refractivity contribution >= 4 is 15.9 Å². The molecule has 0 aromatic rings. The van der Waals surface area contributed by atoms with Crippen LogP contribution in [-0.2, 0) is 14.8 Å². The number of amides is 1. The van der Waals surface area contributed by atoms with Crippen molar-refractivity contribution in [2.45, 2.75) is 6.42 Å². The molecule has 0 spiro atoms. The molecule has 0 saturated heterocycles. The van der Waals surface area contributed by atoms with Gasteiger partial charge in [0.1, 0.15) is 0 Å². The van der Waals surface area contributed by atoms with E-state index in [1.807, 2.05) is 0 Å². The molecule has 0 aliphatic rings. The molecule has 0 aromatic carbocycles. The zero-order valence-corrected chi connectivity index (χ0v) is 7.43. The van der Waals surface area contributed by atoms with Gasteiger partial charge in [-0.05, 0) is 12.5 Å². The van der Waals surface area contributed by atoms with Gasteiger partial charge in [-0.1, -0.05) is 6.58 Å². The molecule has 5 nitrogen and oxygen atoms in total. The zero-order chi connectivity index (χ0) is 9.61. The minimum absolute atomic E-state index is 0.121. The van der Waals surface area contributed by atoms with Gasteiger partial charge in [-0.3, -0.25) is 4.79 Å². The molecule has 3 N–H and O–H groups in total. The Bertz CT molecular complexity index is 258. The number of rotatable bonds is 5. The topological polar surface area (TPSA) is 89.3 Å². The molecular formula is C6H12N2O3S. The number of carbonyl (C=O) groups excluding carboxylic acids is 1. The fourth-order valence-corrected chi connectivity index (χ4v) is 1.10. The van der Waals surface area contributed by atoms with Crippen LogP contribution in [-0.4, -0.2) is 26.6 Å². The summed E-state index contributed by atoms with van der Waals surface area (Å²) in [5, 5.41) is 7.15. The monoisotopic (exact) mass is 192 g/mol. The average molecular weight is 192 g/mol. The van der Waals surface area contributed by atoms with Crippen LogP contribution in [0.3, 0.4) is 0 Å². The lowest BCUT2D eigenvalue weighted by Crippen LogP contribution is -2.25. The highest BCUT2D eigenvalue weighted by Gasteiger charge is 2.01. The number of carbonyl (C=O) groups is 1. The lowest BCUT2D eigenvalue weighted by Gasteiger charge is -1.99. The Hall–Kier alpha value is -0.880. The SMILES string of the molecule is C=CC(=O)NCCCS(N)(=O)=O. The number of sulfonamides is 1. The summed E-state index contributed by atoms with van der Waals surface area (Å²) in [6.07, 6.45) is 1.44. The first-order chi connectivity index (χ1) is 5.45. The van der Waals surface area contributed by atoms with Gasteiger partial charge < -0.3 is 5.32 Å². The molecule has 0 aliphatic carbocycles. The van der Waals surface area contributed by atoms with Crippen molar-refractivity contribution in [3.63, 3.8) is 0 Å². The third kappa shape index (κ3) is 7.23. The summed E-state index contributed by atoms with van der Waals surface area (Å²) >= 11 is 0. The molecular weight excluding hydrogens is 180 g/mol. The maximum Gasteiger partial charge on any atom is 0.243 e. The third-order valence-corrected chi connectivity index (χ3v) is 1.95. The second-order valence-electron chi connectivity index (χ2n) is 2.22. The molecule has 0 atom stereocenters. The van der Waals surface area contributed by atoms with Crippen LogP contribution < -0.4 is 10.5 Å². The van der Waals surface area contributed by atoms with E-state index in [-0.39, 0.29) is 11.7 Å². The number of primary sulfonamides is 1. The normalized spacial score (nSPS) is 10.8. The minimum Gasteiger partial charge on any atom is -0.353 e. The molecule has 0 bridgehead atoms. The summed E-state index contributed by atoms with van der Waals surface area (Å²) in [6, 6.07) is 0. The van der Waals surface area contributed by atoms with E-state index in [4.69, 9.17) is 5.14 Å². The van der Waals surface area contributed by atoms with Gasteiger partial charge in [0.25, 0.3) is 0 Å². The molecule has 0 fully saturated rings. The molecule has 0 aliphatic heterocycles. The Labute approximate surface area is 71.7 Å². The van der Waals surface area contributed by atoms with Crippen molar-refractivity contribution < 1.29 is 13.2 Å². The molecule has 0 aromatic heterocycles. The summed E-state index contributed by atoms with van der Waals surface area (Å²) in [5.41, 5.74) is 0. The molecule has 1 amide bonds. The van der Waals surface area contributed by atoms with Gasteiger partial charge in [0.05, 0.1) is 5.75 Å². The Kier molecular flexibility index (Phi) is 4.53. The van der Waals surface area contributed by atoms with Gasteiger partial charge >= 0.3 is 0 Å². The lowest BCUT2D eigenvalue weighted by atomic mass is 10.4. The van der Waals surface area contributed by atoms with Crippen LogP contribution in [0.5, 0.6) is 0 Å². The highest BCUT2D eigenvalue weighted by molar-refractivity contribution is 7.89. The molecule has 6 heteroatoms. The average Bonchev–Trinajstić information content (AvgIpc) is 1.96. The Morgan fingerprint density at radius 1 is 1.58 bits per heavy atom. The standard InChI is InChI=1S/C6H12N2O3S/c1-2-6(9)8-4-3-5-12(7,10)11/h2H,1,3-5H2,(H,8,9)(H2,7,10,11). The number of nitrogens with two attached hydrogens (primary N) is 1. The Morgan fingerprint density at radius 2 is 2.17 bits per heavy atom. The molecule has 12 heavy (non-hydrogen) atoms. The van der Waals surface area contributed by atoms with E-state index in [1.54, 1.807) is 0 Å². The van der Waals surface area contributed by atoms with E-state index < -0.39 is 10.0 Å². The molecule has 0 saturated carbocycles. The van der Waals surface area contributed by atoms with Crippen LogP contribution >= 0.6 is 0 Å². The predicted octanol–water partition coefficient (Wildman–Crippen LogP) is -1.03. The molecule has 0 heterocycles. The second-order valence-corrected chi connectivity index (χ2v) is 3.95. The summed E-state index contributed by atoms with van der Waals surface area (Å²) in [6.45, 7) is 3.53. The second kappa shape index (κ2) is 4.89. The van der Waals surface area contributed by atoms with Gasteiger partial charge in [0, 0.05) is 6.54 Å². The zero-order valence-electron chi connectivity index (χ0n) is 6.62. The maximum absolute atomic E-state index is 10.5. The molecule has 0 radical (unpaired) electrons. The van der Waals surface area contributed by atoms with E-state index in [2.05, 4.69) is 11.9 Å². The van der Waals surface area contributed by atoms with Crippen LogP contribution in [0.25, 0.3) is 0 Å². The van der Waals surface area contributed by atoms with Crippen LogP contribution in [0.1, 0.15) is 6.42 Å². The summed E-state index contributed by atoms with van der Waals surface area (Å²) < 4.78 is 20.8. The van der Waals surface area contributed by atoms with Crippen LogP contribution in [0.2, 0.25) is 0 Å². The maximum atomic E-state index is 10.5. The minimum atomic E-state index is -3.41. The van der Waals surface area contributed by atoms with Crippen molar-refractivity contribution in [1.82, 2.24) is 5.32 Å². The van der Waals surface area contributed by atoms with E-state index in [1.165, 1.54) is 0 Å². The smallest absolute Gasteiger partial charge is 0.243 e. The van der Waals surface area contributed by atoms with E-state index >= 15 is 0 Å². The fourth-order valence-electron chi connectivity index (χ4n) is 0.557. The Morgan fingerprint density at radius 3 is 2.58 bits per heavy atom. The first-order valence-corrected chi connectivity index (χ1v) is 5.08. The largest absolute Gasteiger partial charge is 0.353 e. The first kappa shape index (κ1) is 11.1. The van der Waals surface area contributed by atoms with E-state index in [9.17, 15) is 13.2 Å². The van der Waals surface area contributed by atoms with Crippen molar-refractivity contribution in [2.24, 2.45) is 5.14 Å². The number of nitrogens with one attached hydrogen (secondary N) is 1. The van der Waals surface area contributed by atoms with Gasteiger partial charge in [-0.2, -0.15) is 0 Å². The van der Waals surface area contributed by atoms with Crippen LogP contribution in [0.4, 0.5) is 0 Å². The van der Waals surface area contributed by atoms with Gasteiger partial charge in [0.2, 0.25) is 15.9 Å². The quantitative estimate of drug-likeness (QED) is 0.431. The number of hydrogen-bond acceptors (Lipinski definition) is 3. The van der Waals surface area contributed by atoms with Crippen molar-refractivity contribution in [2.75, 3.05) is 12.3 Å². The molecule has 0 rings (SSSR count). The third-order valence-electron chi connectivity index (χ3n) is 1.09. The highest BCUT2D eigenvalue weighted by atomic mass is 32.2. The number of hydrogen-bond donors (Lipinski definition) is 2. The molecule has 70 valence electrons. The van der Waals surface area contributed by atoms with Gasteiger partial charge in [0.15, 0.2) is 0 Å². The summed E-state index contributed by atoms with van der Waals surface area (Å²) in [5.74, 6) is -0.436. The Balaban J connectivity index is 3.47. The van der Waals surface area contributed by atoms with Crippen molar-refractivity contribution in [3.8, 4) is 0 Å². The van der Waals surface area contributed by atoms with Gasteiger partial charge in [-0.25, -0.2) is 13.6 Å². The fraction of sp³-hybridized carbons (Fsp3) is 0.500. The molecule has 0 unspecified atom stereocenters. The van der Waals surface area contributed by atoms with Crippen LogP contribution in [0, 0.1) is 0 Å². The predicted molar refractivity (Wildman–Crippen MR) is 45.8 cm³/mol. The van der Waals surface area contributed by atoms with E-state index in [0.29, 0.717) is 13.0 Å². The van der Waals surface area contributed by atoms with E-state index in [0.717, 1.165) is 6.08 Å². The van der Waals surface area contributed by atoms with Crippen molar-refractivity contribution in [1.29, 1.82) is 0 Å². The van der Waals surface area contributed by atoms with Crippen LogP contribution in [0.15, 0.2) is 12.7 Å². The lowest BCUT2D eigenvalue weighted by molar-refractivity contribution is -0.116. The summed E-state index contributed by atoms with van der Waals surface area (Å²) in [7, 11) is -3.41. The highest BCUT2D eigenvalue weighted by Crippen LogP contribution is 1.83. The first-order valence-electron chi connectivity index (χ1n) is 3.36. The van der Waals surface area contributed by atoms with Gasteiger partial charge in [-0.15, -0.1) is 0 Å². The van der Waals surface area contributed by atoms with Crippen molar-refractivity contribution in [3.05, 3.63) is 12.7 Å².